The van der Waals surface area contributed by atoms with E-state index in [1.807, 2.05) is 0 Å². The summed E-state index contributed by atoms with van der Waals surface area (Å²) in [4.78, 5) is 22.8. The van der Waals surface area contributed by atoms with Crippen molar-refractivity contribution in [2.24, 2.45) is 0 Å². The molecular formula is C25H24O2S2. The van der Waals surface area contributed by atoms with Crippen molar-refractivity contribution in [2.75, 3.05) is 0 Å². The van der Waals surface area contributed by atoms with Crippen LogP contribution in [0.3, 0.4) is 0 Å². The molecule has 148 valence electrons. The first-order chi connectivity index (χ1) is 13.9. The molecule has 4 heteroatoms. The minimum atomic E-state index is 0.109. The summed E-state index contributed by atoms with van der Waals surface area (Å²) in [6.07, 6.45) is 0. The molecule has 0 N–H and O–H groups in total. The van der Waals surface area contributed by atoms with E-state index < -0.39 is 0 Å². The van der Waals surface area contributed by atoms with Crippen LogP contribution in [0.5, 0.6) is 0 Å². The van der Waals surface area contributed by atoms with Crippen LogP contribution in [0.25, 0.3) is 22.3 Å². The number of aryl methyl sites for hydroxylation is 1. The summed E-state index contributed by atoms with van der Waals surface area (Å²) < 4.78 is 0. The molecule has 0 aliphatic heterocycles. The van der Waals surface area contributed by atoms with Gasteiger partial charge >= 0.3 is 0 Å². The van der Waals surface area contributed by atoms with Gasteiger partial charge in [0.2, 0.25) is 0 Å². The zero-order valence-electron chi connectivity index (χ0n) is 16.9. The zero-order chi connectivity index (χ0) is 20.8. The molecule has 0 spiro atoms. The third-order valence-corrected chi connectivity index (χ3v) is 6.31. The maximum Gasteiger partial charge on any atom is 0.186 e. The lowest BCUT2D eigenvalue weighted by Gasteiger charge is -2.11. The molecule has 3 aromatic carbocycles. The highest BCUT2D eigenvalue weighted by molar-refractivity contribution is 8.13. The van der Waals surface area contributed by atoms with Gasteiger partial charge in [-0.15, -0.1) is 0 Å². The molecule has 2 nitrogen and oxygen atoms in total. The summed E-state index contributed by atoms with van der Waals surface area (Å²) in [6, 6.07) is 23.4. The number of benzene rings is 3. The number of hydrogen-bond donors (Lipinski definition) is 0. The van der Waals surface area contributed by atoms with Crippen LogP contribution in [0.4, 0.5) is 0 Å². The lowest BCUT2D eigenvalue weighted by atomic mass is 9.97. The molecule has 0 aliphatic rings. The average molecular weight is 421 g/mol. The van der Waals surface area contributed by atoms with Gasteiger partial charge in [-0.1, -0.05) is 95.8 Å². The highest BCUT2D eigenvalue weighted by Crippen LogP contribution is 2.29. The molecule has 29 heavy (non-hydrogen) atoms. The van der Waals surface area contributed by atoms with E-state index in [0.29, 0.717) is 11.5 Å². The zero-order valence-corrected chi connectivity index (χ0v) is 18.5. The van der Waals surface area contributed by atoms with E-state index in [1.54, 1.807) is 13.8 Å². The SMILES string of the molecule is CC(=O)SCc1cc(CSC(C)=O)cc(-c2ccc(-c3ccc(C)cc3)cc2)c1. The van der Waals surface area contributed by atoms with E-state index in [2.05, 4.69) is 73.7 Å². The van der Waals surface area contributed by atoms with E-state index in [-0.39, 0.29) is 10.2 Å². The van der Waals surface area contributed by atoms with Gasteiger partial charge in [0.25, 0.3) is 0 Å². The standard InChI is InChI=1S/C25H24O2S2/c1-17-4-6-22(7-5-17)23-8-10-24(11-9-23)25-13-20(15-28-18(2)26)12-21(14-25)16-29-19(3)27/h4-14H,15-16H2,1-3H3. The molecule has 0 saturated carbocycles. The van der Waals surface area contributed by atoms with Crippen LogP contribution < -0.4 is 0 Å². The van der Waals surface area contributed by atoms with Crippen LogP contribution in [0.2, 0.25) is 0 Å². The fourth-order valence-electron chi connectivity index (χ4n) is 3.07. The van der Waals surface area contributed by atoms with E-state index in [9.17, 15) is 9.59 Å². The number of carbonyl (C=O) groups is 2. The third kappa shape index (κ3) is 6.34. The smallest absolute Gasteiger partial charge is 0.186 e. The maximum atomic E-state index is 11.4. The molecule has 0 amide bonds. The minimum Gasteiger partial charge on any atom is -0.288 e. The van der Waals surface area contributed by atoms with Crippen molar-refractivity contribution in [3.63, 3.8) is 0 Å². The monoisotopic (exact) mass is 420 g/mol. The van der Waals surface area contributed by atoms with Gasteiger partial charge in [0.15, 0.2) is 10.2 Å². The van der Waals surface area contributed by atoms with Crippen molar-refractivity contribution < 1.29 is 9.59 Å². The molecule has 0 fully saturated rings. The molecule has 0 bridgehead atoms. The van der Waals surface area contributed by atoms with E-state index in [4.69, 9.17) is 0 Å². The molecule has 0 heterocycles. The maximum absolute atomic E-state index is 11.4. The Hall–Kier alpha value is -2.30. The summed E-state index contributed by atoms with van der Waals surface area (Å²) in [5, 5.41) is 0.218. The summed E-state index contributed by atoms with van der Waals surface area (Å²) in [5.74, 6) is 1.28. The van der Waals surface area contributed by atoms with Crippen molar-refractivity contribution in [1.82, 2.24) is 0 Å². The molecule has 3 rings (SSSR count). The number of thioether (sulfide) groups is 2. The fourth-order valence-corrected chi connectivity index (χ4v) is 4.14. The lowest BCUT2D eigenvalue weighted by molar-refractivity contribution is -0.109. The van der Waals surface area contributed by atoms with E-state index >= 15 is 0 Å². The van der Waals surface area contributed by atoms with Crippen LogP contribution in [0.15, 0.2) is 66.7 Å². The van der Waals surface area contributed by atoms with Gasteiger partial charge in [-0.2, -0.15) is 0 Å². The average Bonchev–Trinajstić information content (AvgIpc) is 2.71. The second-order valence-electron chi connectivity index (χ2n) is 7.04. The molecule has 0 aromatic heterocycles. The molecule has 0 aliphatic carbocycles. The Morgan fingerprint density at radius 2 is 1.00 bits per heavy atom. The Balaban J connectivity index is 1.89. The summed E-state index contributed by atoms with van der Waals surface area (Å²) in [5.41, 5.74) is 8.08. The van der Waals surface area contributed by atoms with Gasteiger partial charge in [-0.25, -0.2) is 0 Å². The van der Waals surface area contributed by atoms with Gasteiger partial charge in [-0.3, -0.25) is 9.59 Å². The molecule has 0 radical (unpaired) electrons. The topological polar surface area (TPSA) is 34.1 Å². The Morgan fingerprint density at radius 1 is 0.621 bits per heavy atom. The molecule has 0 saturated heterocycles. The fraction of sp³-hybridized carbons (Fsp3) is 0.200. The summed E-state index contributed by atoms with van der Waals surface area (Å²) >= 11 is 2.62. The molecule has 0 unspecified atom stereocenters. The minimum absolute atomic E-state index is 0.109. The Labute approximate surface area is 181 Å². The predicted octanol–water partition coefficient (Wildman–Crippen LogP) is 6.89. The third-order valence-electron chi connectivity index (χ3n) is 4.54. The van der Waals surface area contributed by atoms with Gasteiger partial charge in [-0.05, 0) is 40.3 Å². The summed E-state index contributed by atoms with van der Waals surface area (Å²) in [7, 11) is 0. The highest BCUT2D eigenvalue weighted by Gasteiger charge is 2.07. The van der Waals surface area contributed by atoms with Crippen LogP contribution in [-0.4, -0.2) is 10.2 Å². The normalized spacial score (nSPS) is 10.7. The van der Waals surface area contributed by atoms with Gasteiger partial charge < -0.3 is 0 Å². The van der Waals surface area contributed by atoms with Crippen molar-refractivity contribution >= 4 is 33.8 Å². The van der Waals surface area contributed by atoms with Gasteiger partial charge in [0.05, 0.1) is 0 Å². The first kappa shape index (κ1) is 21.4. The quantitative estimate of drug-likeness (QED) is 0.435. The van der Waals surface area contributed by atoms with E-state index in [0.717, 1.165) is 22.3 Å². The lowest BCUT2D eigenvalue weighted by Crippen LogP contribution is -1.93. The summed E-state index contributed by atoms with van der Waals surface area (Å²) in [6.45, 7) is 5.27. The Kier molecular flexibility index (Phi) is 7.34. The number of rotatable bonds is 6. The largest absolute Gasteiger partial charge is 0.288 e. The molecular weight excluding hydrogens is 396 g/mol. The van der Waals surface area contributed by atoms with Gasteiger partial charge in [0, 0.05) is 25.4 Å². The predicted molar refractivity (Wildman–Crippen MR) is 126 cm³/mol. The van der Waals surface area contributed by atoms with Crippen LogP contribution >= 0.6 is 23.5 Å². The van der Waals surface area contributed by atoms with Gasteiger partial charge in [0.1, 0.15) is 0 Å². The van der Waals surface area contributed by atoms with Crippen LogP contribution in [0.1, 0.15) is 30.5 Å². The molecule has 0 atom stereocenters. The second-order valence-corrected chi connectivity index (χ2v) is 9.35. The second kappa shape index (κ2) is 9.95. The van der Waals surface area contributed by atoms with Crippen LogP contribution in [0, 0.1) is 6.92 Å². The Morgan fingerprint density at radius 3 is 1.41 bits per heavy atom. The molecule has 3 aromatic rings. The number of hydrogen-bond acceptors (Lipinski definition) is 4. The van der Waals surface area contributed by atoms with Crippen molar-refractivity contribution in [2.45, 2.75) is 32.3 Å². The van der Waals surface area contributed by atoms with Crippen LogP contribution in [-0.2, 0) is 21.1 Å². The highest BCUT2D eigenvalue weighted by atomic mass is 32.2. The first-order valence-electron chi connectivity index (χ1n) is 9.48. The van der Waals surface area contributed by atoms with Crippen molar-refractivity contribution in [3.05, 3.63) is 83.4 Å². The van der Waals surface area contributed by atoms with Crippen molar-refractivity contribution in [3.8, 4) is 22.3 Å². The van der Waals surface area contributed by atoms with Crippen molar-refractivity contribution in [1.29, 1.82) is 0 Å². The van der Waals surface area contributed by atoms with E-state index in [1.165, 1.54) is 40.2 Å². The first-order valence-corrected chi connectivity index (χ1v) is 11.4. The number of carbonyl (C=O) groups excluding carboxylic acids is 2. The Bertz CT molecular complexity index is 970.